The first-order valence-electron chi connectivity index (χ1n) is 7.39. The highest BCUT2D eigenvalue weighted by molar-refractivity contribution is 7.09. The molecule has 0 radical (unpaired) electrons. The van der Waals surface area contributed by atoms with E-state index in [0.717, 1.165) is 43.6 Å². The molecule has 1 aliphatic heterocycles. The first-order valence-corrected chi connectivity index (χ1v) is 8.27. The summed E-state index contributed by atoms with van der Waals surface area (Å²) in [5.74, 6) is 0.132. The van der Waals surface area contributed by atoms with Gasteiger partial charge in [0, 0.05) is 36.3 Å². The minimum absolute atomic E-state index is 0.132. The number of nitrogens with zero attached hydrogens (tertiary/aromatic N) is 1. The summed E-state index contributed by atoms with van der Waals surface area (Å²) in [5.41, 5.74) is 3.16. The zero-order chi connectivity index (χ0) is 14.7. The van der Waals surface area contributed by atoms with Gasteiger partial charge in [-0.1, -0.05) is 12.1 Å². The molecule has 4 heteroatoms. The Labute approximate surface area is 129 Å². The topological polar surface area (TPSA) is 32.3 Å². The fraction of sp³-hybridized carbons (Fsp3) is 0.353. The smallest absolute Gasteiger partial charge is 0.253 e. The molecule has 0 bridgehead atoms. The Morgan fingerprint density at radius 2 is 2.24 bits per heavy atom. The monoisotopic (exact) mass is 300 g/mol. The number of likely N-dealkylation sites (N-methyl/N-ethyl adjacent to an activating group) is 1. The second kappa shape index (κ2) is 6.31. The molecule has 1 aromatic carbocycles. The van der Waals surface area contributed by atoms with Gasteiger partial charge in [0.1, 0.15) is 0 Å². The third kappa shape index (κ3) is 3.10. The maximum atomic E-state index is 12.7. The number of carbonyl (C=O) groups is 1. The summed E-state index contributed by atoms with van der Waals surface area (Å²) in [4.78, 5) is 15.8. The highest BCUT2D eigenvalue weighted by atomic mass is 32.1. The van der Waals surface area contributed by atoms with Crippen molar-refractivity contribution in [2.75, 3.05) is 25.5 Å². The van der Waals surface area contributed by atoms with Crippen LogP contribution in [0.15, 0.2) is 35.7 Å². The van der Waals surface area contributed by atoms with Crippen LogP contribution in [0.2, 0.25) is 0 Å². The zero-order valence-corrected chi connectivity index (χ0v) is 13.1. The first-order chi connectivity index (χ1) is 10.3. The molecule has 0 fully saturated rings. The predicted octanol–water partition coefficient (Wildman–Crippen LogP) is 3.42. The van der Waals surface area contributed by atoms with Crippen LogP contribution in [0.25, 0.3) is 0 Å². The van der Waals surface area contributed by atoms with E-state index >= 15 is 0 Å². The molecule has 2 aromatic rings. The Balaban J connectivity index is 1.72. The minimum Gasteiger partial charge on any atom is -0.385 e. The number of carbonyl (C=O) groups excluding carboxylic acids is 1. The summed E-state index contributed by atoms with van der Waals surface area (Å²) < 4.78 is 0. The molecule has 21 heavy (non-hydrogen) atoms. The molecule has 3 nitrogen and oxygen atoms in total. The van der Waals surface area contributed by atoms with Gasteiger partial charge in [-0.2, -0.15) is 0 Å². The number of nitrogens with one attached hydrogen (secondary N) is 1. The lowest BCUT2D eigenvalue weighted by atomic mass is 9.97. The molecule has 0 unspecified atom stereocenters. The number of benzene rings is 1. The number of rotatable bonds is 4. The molecule has 1 amide bonds. The normalized spacial score (nSPS) is 13.4. The average molecular weight is 300 g/mol. The number of fused-ring (bicyclic) bond motifs is 1. The number of hydrogen-bond acceptors (Lipinski definition) is 3. The molecule has 1 aliphatic rings. The van der Waals surface area contributed by atoms with Crippen LogP contribution in [-0.2, 0) is 12.8 Å². The Kier molecular flexibility index (Phi) is 4.25. The van der Waals surface area contributed by atoms with Gasteiger partial charge in [-0.3, -0.25) is 4.79 Å². The summed E-state index contributed by atoms with van der Waals surface area (Å²) in [6.07, 6.45) is 3.01. The Bertz CT molecular complexity index is 622. The minimum atomic E-state index is 0.132. The SMILES string of the molecule is CN(CCc1cccs1)C(=O)c1cccc2c1CCCN2. The number of amides is 1. The lowest BCUT2D eigenvalue weighted by molar-refractivity contribution is 0.0795. The van der Waals surface area contributed by atoms with Crippen LogP contribution in [0.5, 0.6) is 0 Å². The van der Waals surface area contributed by atoms with E-state index in [4.69, 9.17) is 0 Å². The molecule has 1 N–H and O–H groups in total. The van der Waals surface area contributed by atoms with Crippen LogP contribution in [0, 0.1) is 0 Å². The average Bonchev–Trinajstić information content (AvgIpc) is 3.05. The molecule has 2 heterocycles. The van der Waals surface area contributed by atoms with E-state index in [-0.39, 0.29) is 5.91 Å². The Morgan fingerprint density at radius 3 is 3.05 bits per heavy atom. The summed E-state index contributed by atoms with van der Waals surface area (Å²) in [6.45, 7) is 1.76. The van der Waals surface area contributed by atoms with E-state index in [1.807, 2.05) is 24.1 Å². The Hall–Kier alpha value is -1.81. The summed E-state index contributed by atoms with van der Waals surface area (Å²) in [7, 11) is 1.89. The van der Waals surface area contributed by atoms with Gasteiger partial charge >= 0.3 is 0 Å². The fourth-order valence-corrected chi connectivity index (χ4v) is 3.45. The van der Waals surface area contributed by atoms with E-state index in [0.29, 0.717) is 0 Å². The molecule has 110 valence electrons. The van der Waals surface area contributed by atoms with Crippen molar-refractivity contribution >= 4 is 22.9 Å². The molecule has 3 rings (SSSR count). The van der Waals surface area contributed by atoms with Gasteiger partial charge in [-0.05, 0) is 48.4 Å². The van der Waals surface area contributed by atoms with Crippen LogP contribution in [0.3, 0.4) is 0 Å². The molecule has 1 aromatic heterocycles. The summed E-state index contributed by atoms with van der Waals surface area (Å²) >= 11 is 1.75. The van der Waals surface area contributed by atoms with Gasteiger partial charge < -0.3 is 10.2 Å². The molecule has 0 aliphatic carbocycles. The highest BCUT2D eigenvalue weighted by Gasteiger charge is 2.19. The van der Waals surface area contributed by atoms with Gasteiger partial charge in [0.25, 0.3) is 5.91 Å². The molecular formula is C17H20N2OS. The van der Waals surface area contributed by atoms with Crippen LogP contribution in [0.1, 0.15) is 27.2 Å². The quantitative estimate of drug-likeness (QED) is 0.938. The first kappa shape index (κ1) is 14.1. The van der Waals surface area contributed by atoms with Crippen molar-refractivity contribution in [1.29, 1.82) is 0 Å². The van der Waals surface area contributed by atoms with E-state index in [1.54, 1.807) is 11.3 Å². The largest absolute Gasteiger partial charge is 0.385 e. The van der Waals surface area contributed by atoms with E-state index < -0.39 is 0 Å². The van der Waals surface area contributed by atoms with Gasteiger partial charge in [-0.25, -0.2) is 0 Å². The van der Waals surface area contributed by atoms with Crippen molar-refractivity contribution < 1.29 is 4.79 Å². The van der Waals surface area contributed by atoms with Gasteiger partial charge in [0.15, 0.2) is 0 Å². The molecule has 0 saturated heterocycles. The van der Waals surface area contributed by atoms with Crippen LogP contribution in [0.4, 0.5) is 5.69 Å². The maximum Gasteiger partial charge on any atom is 0.253 e. The van der Waals surface area contributed by atoms with Crippen molar-refractivity contribution in [2.24, 2.45) is 0 Å². The predicted molar refractivity (Wildman–Crippen MR) is 88.2 cm³/mol. The van der Waals surface area contributed by atoms with Gasteiger partial charge in [0.05, 0.1) is 0 Å². The Morgan fingerprint density at radius 1 is 1.33 bits per heavy atom. The molecule has 0 saturated carbocycles. The van der Waals surface area contributed by atoms with Crippen LogP contribution >= 0.6 is 11.3 Å². The van der Waals surface area contributed by atoms with Crippen molar-refractivity contribution in [3.63, 3.8) is 0 Å². The second-order valence-corrected chi connectivity index (χ2v) is 6.45. The zero-order valence-electron chi connectivity index (χ0n) is 12.3. The summed E-state index contributed by atoms with van der Waals surface area (Å²) in [6, 6.07) is 10.2. The number of thiophene rings is 1. The van der Waals surface area contributed by atoms with E-state index in [1.165, 1.54) is 10.4 Å². The molecule has 0 atom stereocenters. The third-order valence-electron chi connectivity index (χ3n) is 3.95. The standard InChI is InChI=1S/C17H20N2OS/c1-19(11-9-13-5-4-12-21-13)17(20)15-6-2-8-16-14(15)7-3-10-18-16/h2,4-6,8,12,18H,3,7,9-11H2,1H3. The van der Waals surface area contributed by atoms with Gasteiger partial charge in [-0.15, -0.1) is 11.3 Å². The van der Waals surface area contributed by atoms with Crippen molar-refractivity contribution in [2.45, 2.75) is 19.3 Å². The highest BCUT2D eigenvalue weighted by Crippen LogP contribution is 2.26. The van der Waals surface area contributed by atoms with Crippen molar-refractivity contribution in [1.82, 2.24) is 4.90 Å². The summed E-state index contributed by atoms with van der Waals surface area (Å²) in [5, 5.41) is 5.46. The lowest BCUT2D eigenvalue weighted by Crippen LogP contribution is -2.30. The fourth-order valence-electron chi connectivity index (χ4n) is 2.75. The van der Waals surface area contributed by atoms with Crippen molar-refractivity contribution in [3.05, 3.63) is 51.7 Å². The number of anilines is 1. The van der Waals surface area contributed by atoms with E-state index in [9.17, 15) is 4.79 Å². The lowest BCUT2D eigenvalue weighted by Gasteiger charge is -2.23. The van der Waals surface area contributed by atoms with Gasteiger partial charge in [0.2, 0.25) is 0 Å². The molecule has 0 spiro atoms. The number of hydrogen-bond donors (Lipinski definition) is 1. The maximum absolute atomic E-state index is 12.7. The van der Waals surface area contributed by atoms with Crippen molar-refractivity contribution in [3.8, 4) is 0 Å². The third-order valence-corrected chi connectivity index (χ3v) is 4.88. The van der Waals surface area contributed by atoms with E-state index in [2.05, 4.69) is 28.9 Å². The second-order valence-electron chi connectivity index (χ2n) is 5.42. The molecular weight excluding hydrogens is 280 g/mol. The van der Waals surface area contributed by atoms with Crippen LogP contribution in [-0.4, -0.2) is 30.9 Å². The van der Waals surface area contributed by atoms with Crippen LogP contribution < -0.4 is 5.32 Å².